The quantitative estimate of drug-likeness (QED) is 0.585. The second kappa shape index (κ2) is 8.92. The summed E-state index contributed by atoms with van der Waals surface area (Å²) in [6, 6.07) is 24.9. The molecule has 3 aromatic rings. The van der Waals surface area contributed by atoms with Crippen molar-refractivity contribution in [3.05, 3.63) is 84.4 Å². The summed E-state index contributed by atoms with van der Waals surface area (Å²) in [5.74, 6) is 3.07. The van der Waals surface area contributed by atoms with Crippen LogP contribution in [0.3, 0.4) is 0 Å². The Balaban J connectivity index is 1.51. The van der Waals surface area contributed by atoms with Gasteiger partial charge in [0, 0.05) is 12.3 Å². The molecule has 0 spiro atoms. The largest absolute Gasteiger partial charge is 0.495 e. The van der Waals surface area contributed by atoms with Gasteiger partial charge in [-0.1, -0.05) is 42.5 Å². The van der Waals surface area contributed by atoms with E-state index in [9.17, 15) is 4.79 Å². The molecule has 6 heteroatoms. The van der Waals surface area contributed by atoms with Crippen LogP contribution in [-0.2, 0) is 0 Å². The van der Waals surface area contributed by atoms with Crippen molar-refractivity contribution in [3.63, 3.8) is 0 Å². The summed E-state index contributed by atoms with van der Waals surface area (Å²) in [6.07, 6.45) is 0. The highest BCUT2D eigenvalue weighted by Crippen LogP contribution is 2.40. The van der Waals surface area contributed by atoms with E-state index in [2.05, 4.69) is 5.32 Å². The number of nitrogens with zero attached hydrogens (tertiary/aromatic N) is 1. The molecule has 1 fully saturated rings. The lowest BCUT2D eigenvalue weighted by atomic mass is 10.2. The number of nitrogens with one attached hydrogen (secondary N) is 1. The fraction of sp³-hybridized carbons (Fsp3) is 0.174. The number of amides is 2. The molecule has 29 heavy (non-hydrogen) atoms. The average molecular weight is 407 g/mol. The van der Waals surface area contributed by atoms with E-state index in [1.165, 1.54) is 0 Å². The smallest absolute Gasteiger partial charge is 0.323 e. The normalized spacial score (nSPS) is 15.8. The van der Waals surface area contributed by atoms with Crippen LogP contribution in [-0.4, -0.2) is 30.3 Å². The second-order valence-electron chi connectivity index (χ2n) is 6.53. The number of rotatable bonds is 5. The Morgan fingerprint density at radius 2 is 1.76 bits per heavy atom. The zero-order chi connectivity index (χ0) is 20.1. The van der Waals surface area contributed by atoms with E-state index in [1.54, 1.807) is 18.9 Å². The SMILES string of the molecule is COc1ccccc1NC(=O)N1CCS[C@H]1c1cccc(Oc2ccccc2)c1. The first-order valence-electron chi connectivity index (χ1n) is 9.40. The Morgan fingerprint density at radius 1 is 1.00 bits per heavy atom. The van der Waals surface area contributed by atoms with Crippen molar-refractivity contribution in [3.8, 4) is 17.2 Å². The number of carbonyl (C=O) groups is 1. The van der Waals surface area contributed by atoms with Crippen molar-refractivity contribution >= 4 is 23.5 Å². The summed E-state index contributed by atoms with van der Waals surface area (Å²) < 4.78 is 11.3. The molecule has 1 saturated heterocycles. The average Bonchev–Trinajstić information content (AvgIpc) is 3.25. The molecule has 1 aliphatic heterocycles. The molecule has 0 aromatic heterocycles. The summed E-state index contributed by atoms with van der Waals surface area (Å²) in [5.41, 5.74) is 1.70. The monoisotopic (exact) mass is 406 g/mol. The van der Waals surface area contributed by atoms with Crippen molar-refractivity contribution in [2.75, 3.05) is 24.7 Å². The number of urea groups is 1. The van der Waals surface area contributed by atoms with E-state index in [-0.39, 0.29) is 11.4 Å². The number of anilines is 1. The summed E-state index contributed by atoms with van der Waals surface area (Å²) >= 11 is 1.75. The number of thioether (sulfide) groups is 1. The molecule has 0 unspecified atom stereocenters. The number of carbonyl (C=O) groups excluding carboxylic acids is 1. The third kappa shape index (κ3) is 4.49. The van der Waals surface area contributed by atoms with Crippen LogP contribution in [0.5, 0.6) is 17.2 Å². The van der Waals surface area contributed by atoms with Crippen molar-refractivity contribution < 1.29 is 14.3 Å². The minimum Gasteiger partial charge on any atom is -0.495 e. The molecule has 1 heterocycles. The molecule has 2 amide bonds. The molecule has 0 radical (unpaired) electrons. The van der Waals surface area contributed by atoms with Gasteiger partial charge >= 0.3 is 6.03 Å². The minimum atomic E-state index is -0.140. The molecular weight excluding hydrogens is 384 g/mol. The highest BCUT2D eigenvalue weighted by Gasteiger charge is 2.31. The van der Waals surface area contributed by atoms with Crippen molar-refractivity contribution in [2.45, 2.75) is 5.37 Å². The molecular formula is C23H22N2O3S. The molecule has 0 saturated carbocycles. The lowest BCUT2D eigenvalue weighted by molar-refractivity contribution is 0.214. The van der Waals surface area contributed by atoms with Crippen LogP contribution in [0.15, 0.2) is 78.9 Å². The van der Waals surface area contributed by atoms with Gasteiger partial charge < -0.3 is 19.7 Å². The maximum absolute atomic E-state index is 13.0. The second-order valence-corrected chi connectivity index (χ2v) is 7.72. The maximum Gasteiger partial charge on any atom is 0.323 e. The fourth-order valence-corrected chi connectivity index (χ4v) is 4.49. The van der Waals surface area contributed by atoms with Gasteiger partial charge in [0.2, 0.25) is 0 Å². The Morgan fingerprint density at radius 3 is 2.59 bits per heavy atom. The lowest BCUT2D eigenvalue weighted by Gasteiger charge is -2.25. The summed E-state index contributed by atoms with van der Waals surface area (Å²) in [4.78, 5) is 14.8. The molecule has 1 atom stereocenters. The molecule has 0 bridgehead atoms. The molecule has 5 nitrogen and oxygen atoms in total. The van der Waals surface area contributed by atoms with Gasteiger partial charge in [0.1, 0.15) is 22.6 Å². The summed E-state index contributed by atoms with van der Waals surface area (Å²) in [5, 5.41) is 2.91. The van der Waals surface area contributed by atoms with E-state index < -0.39 is 0 Å². The van der Waals surface area contributed by atoms with Crippen molar-refractivity contribution in [1.29, 1.82) is 0 Å². The zero-order valence-corrected chi connectivity index (χ0v) is 16.9. The van der Waals surface area contributed by atoms with Gasteiger partial charge in [0.15, 0.2) is 0 Å². The number of benzene rings is 3. The van der Waals surface area contributed by atoms with Gasteiger partial charge in [-0.05, 0) is 42.0 Å². The van der Waals surface area contributed by atoms with Crippen LogP contribution in [0.25, 0.3) is 0 Å². The van der Waals surface area contributed by atoms with Crippen molar-refractivity contribution in [2.24, 2.45) is 0 Å². The van der Waals surface area contributed by atoms with Crippen LogP contribution in [0.2, 0.25) is 0 Å². The molecule has 148 valence electrons. The summed E-state index contributed by atoms with van der Waals surface area (Å²) in [6.45, 7) is 0.681. The topological polar surface area (TPSA) is 50.8 Å². The number of hydrogen-bond acceptors (Lipinski definition) is 4. The van der Waals surface area contributed by atoms with E-state index in [1.807, 2.05) is 83.8 Å². The van der Waals surface area contributed by atoms with Crippen molar-refractivity contribution in [1.82, 2.24) is 4.90 Å². The number of hydrogen-bond donors (Lipinski definition) is 1. The Hall–Kier alpha value is -3.12. The van der Waals surface area contributed by atoms with Crippen LogP contribution in [0.4, 0.5) is 10.5 Å². The fourth-order valence-electron chi connectivity index (χ4n) is 3.25. The summed E-state index contributed by atoms with van der Waals surface area (Å²) in [7, 11) is 1.59. The maximum atomic E-state index is 13.0. The Labute approximate surface area is 174 Å². The number of para-hydroxylation sites is 3. The van der Waals surface area contributed by atoms with E-state index in [0.29, 0.717) is 18.0 Å². The van der Waals surface area contributed by atoms with E-state index >= 15 is 0 Å². The zero-order valence-electron chi connectivity index (χ0n) is 16.1. The predicted octanol–water partition coefficient (Wildman–Crippen LogP) is 5.77. The Kier molecular flexibility index (Phi) is 5.91. The predicted molar refractivity (Wildman–Crippen MR) is 117 cm³/mol. The number of methoxy groups -OCH3 is 1. The van der Waals surface area contributed by atoms with Crippen LogP contribution < -0.4 is 14.8 Å². The van der Waals surface area contributed by atoms with Crippen LogP contribution in [0, 0.1) is 0 Å². The standard InChI is InChI=1S/C23H22N2O3S/c1-27-21-13-6-5-12-20(21)24-23(26)25-14-15-29-22(25)17-8-7-11-19(16-17)28-18-9-3-2-4-10-18/h2-13,16,22H,14-15H2,1H3,(H,24,26)/t22-/m0/s1. The van der Waals surface area contributed by atoms with Crippen LogP contribution in [0.1, 0.15) is 10.9 Å². The van der Waals surface area contributed by atoms with Crippen LogP contribution >= 0.6 is 11.8 Å². The first-order chi connectivity index (χ1) is 14.2. The minimum absolute atomic E-state index is 0.0657. The number of ether oxygens (including phenoxy) is 2. The van der Waals surface area contributed by atoms with Gasteiger partial charge in [-0.2, -0.15) is 0 Å². The highest BCUT2D eigenvalue weighted by molar-refractivity contribution is 7.99. The molecule has 1 aliphatic rings. The third-order valence-corrected chi connectivity index (χ3v) is 5.88. The van der Waals surface area contributed by atoms with Gasteiger partial charge in [0.05, 0.1) is 12.8 Å². The lowest BCUT2D eigenvalue weighted by Crippen LogP contribution is -2.34. The molecule has 1 N–H and O–H groups in total. The Bertz CT molecular complexity index is 981. The van der Waals surface area contributed by atoms with Gasteiger partial charge in [0.25, 0.3) is 0 Å². The van der Waals surface area contributed by atoms with Gasteiger partial charge in [-0.3, -0.25) is 0 Å². The first-order valence-corrected chi connectivity index (χ1v) is 10.4. The van der Waals surface area contributed by atoms with Gasteiger partial charge in [-0.15, -0.1) is 11.8 Å². The highest BCUT2D eigenvalue weighted by atomic mass is 32.2. The molecule has 4 rings (SSSR count). The molecule has 0 aliphatic carbocycles. The van der Waals surface area contributed by atoms with Gasteiger partial charge in [-0.25, -0.2) is 4.79 Å². The molecule has 3 aromatic carbocycles. The van der Waals surface area contributed by atoms with E-state index in [4.69, 9.17) is 9.47 Å². The first kappa shape index (κ1) is 19.2. The van der Waals surface area contributed by atoms with E-state index in [0.717, 1.165) is 22.8 Å². The third-order valence-electron chi connectivity index (χ3n) is 4.62.